The van der Waals surface area contributed by atoms with Crippen molar-refractivity contribution in [2.75, 3.05) is 6.61 Å². The van der Waals surface area contributed by atoms with E-state index in [1.165, 1.54) is 44.9 Å². The summed E-state index contributed by atoms with van der Waals surface area (Å²) in [5, 5.41) is 1.90. The Labute approximate surface area is 96.6 Å². The average Bonchev–Trinajstić information content (AvgIpc) is 2.93. The smallest absolute Gasteiger partial charge is 0.0912 e. The van der Waals surface area contributed by atoms with Crippen molar-refractivity contribution in [1.82, 2.24) is 0 Å². The van der Waals surface area contributed by atoms with Gasteiger partial charge in [0.25, 0.3) is 0 Å². The second kappa shape index (κ2) is 4.40. The lowest BCUT2D eigenvalue weighted by molar-refractivity contribution is 0.177. The van der Waals surface area contributed by atoms with Gasteiger partial charge in [0.1, 0.15) is 0 Å². The summed E-state index contributed by atoms with van der Waals surface area (Å²) in [6.45, 7) is 0.984. The zero-order valence-electron chi connectivity index (χ0n) is 9.28. The summed E-state index contributed by atoms with van der Waals surface area (Å²) in [7, 11) is 0. The van der Waals surface area contributed by atoms with Crippen LogP contribution in [0.4, 0.5) is 0 Å². The van der Waals surface area contributed by atoms with Gasteiger partial charge >= 0.3 is 0 Å². The molecule has 84 valence electrons. The van der Waals surface area contributed by atoms with Crippen LogP contribution in [-0.4, -0.2) is 17.1 Å². The predicted octanol–water partition coefficient (Wildman–Crippen LogP) is 3.75. The van der Waals surface area contributed by atoms with E-state index in [0.717, 1.165) is 23.0 Å². The lowest BCUT2D eigenvalue weighted by Crippen LogP contribution is -2.19. The minimum absolute atomic E-state index is 0.854. The Morgan fingerprint density at radius 1 is 1.27 bits per heavy atom. The van der Waals surface area contributed by atoms with Crippen LogP contribution in [0.25, 0.3) is 0 Å². The van der Waals surface area contributed by atoms with Crippen molar-refractivity contribution in [1.29, 1.82) is 0 Å². The topological polar surface area (TPSA) is 9.23 Å². The fourth-order valence-electron chi connectivity index (χ4n) is 3.16. The summed E-state index contributed by atoms with van der Waals surface area (Å²) in [6, 6.07) is 0. The summed E-state index contributed by atoms with van der Waals surface area (Å²) in [5.74, 6) is 0.854. The van der Waals surface area contributed by atoms with E-state index in [4.69, 9.17) is 4.74 Å². The molecule has 0 aromatic carbocycles. The van der Waals surface area contributed by atoms with Crippen LogP contribution in [-0.2, 0) is 4.74 Å². The summed E-state index contributed by atoms with van der Waals surface area (Å²) < 4.78 is 5.78. The largest absolute Gasteiger partial charge is 0.501 e. The summed E-state index contributed by atoms with van der Waals surface area (Å²) in [5.41, 5.74) is 1.55. The van der Waals surface area contributed by atoms with Crippen LogP contribution in [0.3, 0.4) is 0 Å². The van der Waals surface area contributed by atoms with Gasteiger partial charge in [-0.25, -0.2) is 0 Å². The monoisotopic (exact) mass is 224 g/mol. The number of allylic oxidation sites excluding steroid dienone is 1. The van der Waals surface area contributed by atoms with Crippen molar-refractivity contribution < 1.29 is 4.74 Å². The van der Waals surface area contributed by atoms with Crippen LogP contribution in [0.2, 0.25) is 0 Å². The van der Waals surface area contributed by atoms with Crippen LogP contribution in [0, 0.1) is 5.92 Å². The Balaban J connectivity index is 1.44. The molecule has 0 amide bonds. The Bertz CT molecular complexity index is 253. The SMILES string of the molecule is C(OCC1CC2CCC1S2)=C1CCCC1. The number of thioether (sulfide) groups is 1. The molecule has 3 unspecified atom stereocenters. The van der Waals surface area contributed by atoms with Gasteiger partial charge in [-0.15, -0.1) is 0 Å². The zero-order chi connectivity index (χ0) is 10.1. The minimum atomic E-state index is 0.854. The van der Waals surface area contributed by atoms with Gasteiger partial charge in [0, 0.05) is 16.4 Å². The number of hydrogen-bond donors (Lipinski definition) is 0. The minimum Gasteiger partial charge on any atom is -0.501 e. The molecule has 3 rings (SSSR count). The molecule has 0 spiro atoms. The quantitative estimate of drug-likeness (QED) is 0.675. The molecule has 0 N–H and O–H groups in total. The van der Waals surface area contributed by atoms with Crippen LogP contribution >= 0.6 is 11.8 Å². The lowest BCUT2D eigenvalue weighted by Gasteiger charge is -2.19. The van der Waals surface area contributed by atoms with Crippen molar-refractivity contribution in [3.63, 3.8) is 0 Å². The van der Waals surface area contributed by atoms with Gasteiger partial charge in [-0.2, -0.15) is 11.8 Å². The van der Waals surface area contributed by atoms with Crippen LogP contribution in [0.5, 0.6) is 0 Å². The third-order valence-electron chi connectivity index (χ3n) is 4.04. The third kappa shape index (κ3) is 2.20. The van der Waals surface area contributed by atoms with E-state index in [-0.39, 0.29) is 0 Å². The van der Waals surface area contributed by atoms with Crippen LogP contribution in [0.15, 0.2) is 11.8 Å². The van der Waals surface area contributed by atoms with Crippen LogP contribution in [0.1, 0.15) is 44.9 Å². The molecule has 2 bridgehead atoms. The highest BCUT2D eigenvalue weighted by atomic mass is 32.2. The van der Waals surface area contributed by atoms with Gasteiger partial charge in [0.05, 0.1) is 12.9 Å². The maximum atomic E-state index is 5.78. The average molecular weight is 224 g/mol. The molecule has 2 heterocycles. The summed E-state index contributed by atoms with van der Waals surface area (Å²) >= 11 is 2.22. The van der Waals surface area contributed by atoms with Gasteiger partial charge in [0.2, 0.25) is 0 Å². The van der Waals surface area contributed by atoms with E-state index in [2.05, 4.69) is 18.0 Å². The molecular formula is C13H20OS. The van der Waals surface area contributed by atoms with Crippen LogP contribution < -0.4 is 0 Å². The molecule has 15 heavy (non-hydrogen) atoms. The first-order chi connectivity index (χ1) is 7.42. The Morgan fingerprint density at radius 3 is 2.80 bits per heavy atom. The summed E-state index contributed by atoms with van der Waals surface area (Å²) in [6.07, 6.45) is 11.7. The fraction of sp³-hybridized carbons (Fsp3) is 0.846. The van der Waals surface area contributed by atoms with Crippen molar-refractivity contribution in [3.8, 4) is 0 Å². The zero-order valence-corrected chi connectivity index (χ0v) is 10.1. The highest BCUT2D eigenvalue weighted by Crippen LogP contribution is 2.49. The molecule has 3 fully saturated rings. The van der Waals surface area contributed by atoms with E-state index in [1.807, 2.05) is 0 Å². The van der Waals surface area contributed by atoms with Gasteiger partial charge in [0.15, 0.2) is 0 Å². The molecule has 2 saturated heterocycles. The van der Waals surface area contributed by atoms with E-state index in [0.29, 0.717) is 0 Å². The predicted molar refractivity (Wildman–Crippen MR) is 65.0 cm³/mol. The van der Waals surface area contributed by atoms with Gasteiger partial charge < -0.3 is 4.74 Å². The highest BCUT2D eigenvalue weighted by molar-refractivity contribution is 8.01. The first-order valence-electron chi connectivity index (χ1n) is 6.37. The molecule has 1 aliphatic carbocycles. The molecule has 1 saturated carbocycles. The Hall–Kier alpha value is -0.110. The number of fused-ring (bicyclic) bond motifs is 2. The second-order valence-corrected chi connectivity index (χ2v) is 6.73. The number of hydrogen-bond acceptors (Lipinski definition) is 2. The maximum Gasteiger partial charge on any atom is 0.0912 e. The van der Waals surface area contributed by atoms with Crippen molar-refractivity contribution >= 4 is 11.8 Å². The highest BCUT2D eigenvalue weighted by Gasteiger charge is 2.40. The van der Waals surface area contributed by atoms with E-state index in [9.17, 15) is 0 Å². The molecule has 2 heteroatoms. The van der Waals surface area contributed by atoms with E-state index >= 15 is 0 Å². The molecule has 1 nitrogen and oxygen atoms in total. The van der Waals surface area contributed by atoms with Crippen molar-refractivity contribution in [2.24, 2.45) is 5.92 Å². The maximum absolute atomic E-state index is 5.78. The second-order valence-electron chi connectivity index (χ2n) is 5.19. The van der Waals surface area contributed by atoms with Gasteiger partial charge in [-0.3, -0.25) is 0 Å². The first kappa shape index (κ1) is 10.1. The Kier molecular flexibility index (Phi) is 2.96. The summed E-state index contributed by atoms with van der Waals surface area (Å²) in [4.78, 5) is 0. The lowest BCUT2D eigenvalue weighted by atomic mass is 9.90. The molecule has 0 aromatic rings. The molecule has 0 radical (unpaired) electrons. The number of rotatable bonds is 3. The third-order valence-corrected chi connectivity index (χ3v) is 5.82. The molecule has 3 atom stereocenters. The van der Waals surface area contributed by atoms with E-state index < -0.39 is 0 Å². The number of ether oxygens (including phenoxy) is 1. The van der Waals surface area contributed by atoms with Gasteiger partial charge in [-0.1, -0.05) is 0 Å². The normalized spacial score (nSPS) is 38.7. The standard InChI is InChI=1S/C13H20OS/c1-2-4-10(3-1)8-14-9-11-7-12-5-6-13(11)15-12/h8,11-13H,1-7,9H2. The van der Waals surface area contributed by atoms with Crippen molar-refractivity contribution in [3.05, 3.63) is 11.8 Å². The molecule has 3 aliphatic rings. The molecular weight excluding hydrogens is 204 g/mol. The van der Waals surface area contributed by atoms with E-state index in [1.54, 1.807) is 5.57 Å². The Morgan fingerprint density at radius 2 is 2.13 bits per heavy atom. The fourth-order valence-corrected chi connectivity index (χ4v) is 4.96. The van der Waals surface area contributed by atoms with Gasteiger partial charge in [-0.05, 0) is 50.5 Å². The molecule has 2 aliphatic heterocycles. The molecule has 0 aromatic heterocycles. The van der Waals surface area contributed by atoms with Crippen molar-refractivity contribution in [2.45, 2.75) is 55.4 Å². The first-order valence-corrected chi connectivity index (χ1v) is 7.31.